The fraction of sp³-hybridized carbons (Fsp3) is 0.571. The number of hydrogen-bond donors (Lipinski definition) is 1. The lowest BCUT2D eigenvalue weighted by atomic mass is 9.88. The second-order valence-corrected chi connectivity index (χ2v) is 5.54. The molecule has 1 N–H and O–H groups in total. The van der Waals surface area contributed by atoms with Crippen molar-refractivity contribution >= 4 is 15.9 Å². The Hall–Kier alpha value is -0.450. The minimum absolute atomic E-state index is 0.214. The van der Waals surface area contributed by atoms with E-state index in [9.17, 15) is 4.39 Å². The molecule has 1 aromatic rings. The second-order valence-electron chi connectivity index (χ2n) is 4.69. The third-order valence-electron chi connectivity index (χ3n) is 3.39. The third-order valence-corrected chi connectivity index (χ3v) is 4.00. The van der Waals surface area contributed by atoms with Crippen LogP contribution in [0.5, 0.6) is 0 Å². The minimum Gasteiger partial charge on any atom is -0.381 e. The van der Waals surface area contributed by atoms with E-state index in [1.807, 2.05) is 12.1 Å². The quantitative estimate of drug-likeness (QED) is 0.915. The molecule has 1 aromatic carbocycles. The highest BCUT2D eigenvalue weighted by molar-refractivity contribution is 9.10. The number of nitrogens with one attached hydrogen (secondary N) is 1. The van der Waals surface area contributed by atoms with Crippen LogP contribution in [0.1, 0.15) is 31.4 Å². The molecule has 1 saturated heterocycles. The molecule has 2 nitrogen and oxygen atoms in total. The second kappa shape index (κ2) is 6.64. The van der Waals surface area contributed by atoms with E-state index in [2.05, 4.69) is 28.2 Å². The van der Waals surface area contributed by atoms with Crippen molar-refractivity contribution in [1.82, 2.24) is 5.32 Å². The summed E-state index contributed by atoms with van der Waals surface area (Å²) < 4.78 is 19.4. The molecule has 1 fully saturated rings. The van der Waals surface area contributed by atoms with Gasteiger partial charge >= 0.3 is 0 Å². The highest BCUT2D eigenvalue weighted by atomic mass is 79.9. The highest BCUT2D eigenvalue weighted by Crippen LogP contribution is 2.30. The summed E-state index contributed by atoms with van der Waals surface area (Å²) >= 11 is 3.26. The van der Waals surface area contributed by atoms with Gasteiger partial charge in [-0.1, -0.05) is 13.0 Å². The smallest absolute Gasteiger partial charge is 0.137 e. The van der Waals surface area contributed by atoms with Crippen LogP contribution in [0.25, 0.3) is 0 Å². The molecule has 100 valence electrons. The first-order chi connectivity index (χ1) is 8.72. The van der Waals surface area contributed by atoms with Gasteiger partial charge in [0, 0.05) is 18.6 Å². The topological polar surface area (TPSA) is 21.3 Å². The summed E-state index contributed by atoms with van der Waals surface area (Å²) in [5.74, 6) is 0.255. The van der Waals surface area contributed by atoms with E-state index in [0.717, 1.165) is 38.2 Å². The van der Waals surface area contributed by atoms with Crippen LogP contribution in [-0.4, -0.2) is 19.8 Å². The van der Waals surface area contributed by atoms with Crippen molar-refractivity contribution in [2.24, 2.45) is 5.92 Å². The van der Waals surface area contributed by atoms with Crippen molar-refractivity contribution in [3.63, 3.8) is 0 Å². The Bertz CT molecular complexity index is 393. The van der Waals surface area contributed by atoms with Crippen molar-refractivity contribution in [3.05, 3.63) is 34.1 Å². The van der Waals surface area contributed by atoms with Crippen LogP contribution in [0.15, 0.2) is 22.7 Å². The Kier molecular flexibility index (Phi) is 5.15. The summed E-state index contributed by atoms with van der Waals surface area (Å²) in [6.45, 7) is 4.64. The predicted octanol–water partition coefficient (Wildman–Crippen LogP) is 3.67. The molecule has 1 heterocycles. The fourth-order valence-corrected chi connectivity index (χ4v) is 2.91. The van der Waals surface area contributed by atoms with Gasteiger partial charge in [0.25, 0.3) is 0 Å². The Morgan fingerprint density at radius 3 is 3.00 bits per heavy atom. The number of halogens is 2. The Balaban J connectivity index is 2.19. The lowest BCUT2D eigenvalue weighted by Gasteiger charge is -2.31. The number of rotatable bonds is 4. The molecule has 0 amide bonds. The zero-order valence-electron chi connectivity index (χ0n) is 10.6. The number of hydrogen-bond acceptors (Lipinski definition) is 2. The zero-order valence-corrected chi connectivity index (χ0v) is 12.2. The first kappa shape index (κ1) is 14.0. The molecule has 2 rings (SSSR count). The average Bonchev–Trinajstić information content (AvgIpc) is 2.40. The van der Waals surface area contributed by atoms with E-state index >= 15 is 0 Å². The standard InChI is InChI=1S/C14H19BrFNO/c1-2-17-14(11-4-3-7-18-9-11)10-5-6-13(16)12(15)8-10/h5-6,8,11,14,17H,2-4,7,9H2,1H3. The molecule has 0 saturated carbocycles. The van der Waals surface area contributed by atoms with Crippen molar-refractivity contribution in [2.75, 3.05) is 19.8 Å². The van der Waals surface area contributed by atoms with E-state index in [1.54, 1.807) is 0 Å². The molecule has 2 unspecified atom stereocenters. The average molecular weight is 316 g/mol. The summed E-state index contributed by atoms with van der Waals surface area (Å²) in [6, 6.07) is 5.50. The van der Waals surface area contributed by atoms with Crippen LogP contribution >= 0.6 is 15.9 Å². The molecule has 0 aliphatic carbocycles. The monoisotopic (exact) mass is 315 g/mol. The number of benzene rings is 1. The normalized spacial score (nSPS) is 21.8. The molecule has 1 aliphatic heterocycles. The molecular weight excluding hydrogens is 297 g/mol. The van der Waals surface area contributed by atoms with Crippen LogP contribution in [0, 0.1) is 11.7 Å². The minimum atomic E-state index is -0.214. The van der Waals surface area contributed by atoms with Gasteiger partial charge in [-0.15, -0.1) is 0 Å². The molecule has 0 aromatic heterocycles. The molecule has 18 heavy (non-hydrogen) atoms. The molecule has 0 bridgehead atoms. The highest BCUT2D eigenvalue weighted by Gasteiger charge is 2.25. The van der Waals surface area contributed by atoms with Gasteiger partial charge in [0.05, 0.1) is 11.1 Å². The van der Waals surface area contributed by atoms with Crippen molar-refractivity contribution in [2.45, 2.75) is 25.8 Å². The number of ether oxygens (including phenoxy) is 1. The summed E-state index contributed by atoms with van der Waals surface area (Å²) in [7, 11) is 0. The SMILES string of the molecule is CCNC(c1ccc(F)c(Br)c1)C1CCCOC1. The molecule has 1 aliphatic rings. The summed E-state index contributed by atoms with van der Waals surface area (Å²) in [4.78, 5) is 0. The molecule has 0 spiro atoms. The van der Waals surface area contributed by atoms with Crippen LogP contribution in [0.4, 0.5) is 4.39 Å². The van der Waals surface area contributed by atoms with Crippen LogP contribution in [0.2, 0.25) is 0 Å². The lowest BCUT2D eigenvalue weighted by molar-refractivity contribution is 0.0392. The maximum Gasteiger partial charge on any atom is 0.137 e. The van der Waals surface area contributed by atoms with Crippen molar-refractivity contribution < 1.29 is 9.13 Å². The van der Waals surface area contributed by atoms with Crippen LogP contribution in [-0.2, 0) is 4.74 Å². The Labute approximate surface area is 116 Å². The largest absolute Gasteiger partial charge is 0.381 e. The predicted molar refractivity (Wildman–Crippen MR) is 74.1 cm³/mol. The maximum absolute atomic E-state index is 13.3. The van der Waals surface area contributed by atoms with Gasteiger partial charge in [0.15, 0.2) is 0 Å². The van der Waals surface area contributed by atoms with Gasteiger partial charge in [0.2, 0.25) is 0 Å². The van der Waals surface area contributed by atoms with Gasteiger partial charge in [-0.05, 0) is 53.0 Å². The third kappa shape index (κ3) is 3.31. The molecule has 2 atom stereocenters. The lowest BCUT2D eigenvalue weighted by Crippen LogP contribution is -2.33. The first-order valence-electron chi connectivity index (χ1n) is 6.48. The molecule has 0 radical (unpaired) electrons. The summed E-state index contributed by atoms with van der Waals surface area (Å²) in [5, 5.41) is 3.49. The zero-order chi connectivity index (χ0) is 13.0. The van der Waals surface area contributed by atoms with Crippen molar-refractivity contribution in [1.29, 1.82) is 0 Å². The van der Waals surface area contributed by atoms with Crippen molar-refractivity contribution in [3.8, 4) is 0 Å². The maximum atomic E-state index is 13.3. The van der Waals surface area contributed by atoms with Gasteiger partial charge in [-0.25, -0.2) is 4.39 Å². The van der Waals surface area contributed by atoms with E-state index in [4.69, 9.17) is 4.74 Å². The van der Waals surface area contributed by atoms with Crippen LogP contribution < -0.4 is 5.32 Å². The van der Waals surface area contributed by atoms with Gasteiger partial charge in [-0.2, -0.15) is 0 Å². The van der Waals surface area contributed by atoms with E-state index < -0.39 is 0 Å². The first-order valence-corrected chi connectivity index (χ1v) is 7.27. The van der Waals surface area contributed by atoms with Gasteiger partial charge < -0.3 is 10.1 Å². The van der Waals surface area contributed by atoms with Gasteiger partial charge in [0.1, 0.15) is 5.82 Å². The molecule has 4 heteroatoms. The summed E-state index contributed by atoms with van der Waals surface area (Å²) in [6.07, 6.45) is 2.27. The molecular formula is C14H19BrFNO. The van der Waals surface area contributed by atoms with E-state index in [0.29, 0.717) is 10.4 Å². The Morgan fingerprint density at radius 2 is 2.39 bits per heavy atom. The van der Waals surface area contributed by atoms with Crippen LogP contribution in [0.3, 0.4) is 0 Å². The van der Waals surface area contributed by atoms with E-state index in [1.165, 1.54) is 6.07 Å². The fourth-order valence-electron chi connectivity index (χ4n) is 2.51. The summed E-state index contributed by atoms with van der Waals surface area (Å²) in [5.41, 5.74) is 1.13. The van der Waals surface area contributed by atoms with E-state index in [-0.39, 0.29) is 11.9 Å². The van der Waals surface area contributed by atoms with Gasteiger partial charge in [-0.3, -0.25) is 0 Å². The Morgan fingerprint density at radius 1 is 1.56 bits per heavy atom.